The fraction of sp³-hybridized carbons (Fsp3) is 0.762. The van der Waals surface area contributed by atoms with Gasteiger partial charge in [-0.15, -0.1) is 0 Å². The Hall–Kier alpha value is -2.03. The molecule has 0 spiro atoms. The van der Waals surface area contributed by atoms with E-state index in [0.717, 1.165) is 89.9 Å². The van der Waals surface area contributed by atoms with E-state index in [-0.39, 0.29) is 32.0 Å². The van der Waals surface area contributed by atoms with Crippen LogP contribution in [-0.4, -0.2) is 74.9 Å². The van der Waals surface area contributed by atoms with Crippen LogP contribution in [0.1, 0.15) is 155 Å². The molecule has 0 amide bonds. The van der Waals surface area contributed by atoms with Gasteiger partial charge in [0, 0.05) is 12.8 Å². The summed E-state index contributed by atoms with van der Waals surface area (Å²) in [6, 6.07) is 0. The van der Waals surface area contributed by atoms with E-state index in [1.165, 1.54) is 32.1 Å². The summed E-state index contributed by atoms with van der Waals surface area (Å²) in [4.78, 5) is 35.2. The van der Waals surface area contributed by atoms with Crippen molar-refractivity contribution in [3.63, 3.8) is 0 Å². The van der Waals surface area contributed by atoms with Crippen molar-refractivity contribution in [2.24, 2.45) is 0 Å². The van der Waals surface area contributed by atoms with E-state index in [1.54, 1.807) is 0 Å². The van der Waals surface area contributed by atoms with Crippen LogP contribution in [0.2, 0.25) is 0 Å². The first-order valence-corrected chi connectivity index (χ1v) is 21.9. The fourth-order valence-electron chi connectivity index (χ4n) is 5.13. The molecule has 0 aromatic rings. The Bertz CT molecular complexity index is 1030. The number of phosphoric acid groups is 1. The highest BCUT2D eigenvalue weighted by molar-refractivity contribution is 7.47. The van der Waals surface area contributed by atoms with Crippen LogP contribution in [0.4, 0.5) is 0 Å². The molecule has 0 saturated heterocycles. The molecule has 302 valence electrons. The quantitative estimate of drug-likeness (QED) is 0.0221. The topological polar surface area (TPSA) is 108 Å². The third-order valence-electron chi connectivity index (χ3n) is 8.34. The SMILES string of the molecule is CC/C=C\C/C=C\C/C=C\CCCCCCCCCC(=O)OC(COC(=O)CCCCCCC/C=C\CCCC)COP(=O)(O)OCC[N+](C)(C)C. The van der Waals surface area contributed by atoms with Gasteiger partial charge in [-0.2, -0.15) is 0 Å². The summed E-state index contributed by atoms with van der Waals surface area (Å²) in [7, 11) is 1.46. The maximum atomic E-state index is 12.6. The van der Waals surface area contributed by atoms with Gasteiger partial charge in [0.2, 0.25) is 0 Å². The number of ether oxygens (including phenoxy) is 2. The van der Waals surface area contributed by atoms with Crippen molar-refractivity contribution < 1.29 is 42.1 Å². The summed E-state index contributed by atoms with van der Waals surface area (Å²) in [6.07, 6.45) is 38.7. The van der Waals surface area contributed by atoms with Gasteiger partial charge in [0.05, 0.1) is 27.7 Å². The lowest BCUT2D eigenvalue weighted by molar-refractivity contribution is -0.870. The molecule has 0 aliphatic heterocycles. The molecule has 9 nitrogen and oxygen atoms in total. The third kappa shape index (κ3) is 37.7. The van der Waals surface area contributed by atoms with Gasteiger partial charge in [0.1, 0.15) is 19.8 Å². The van der Waals surface area contributed by atoms with Gasteiger partial charge in [0.15, 0.2) is 6.10 Å². The van der Waals surface area contributed by atoms with E-state index in [9.17, 15) is 19.0 Å². The van der Waals surface area contributed by atoms with Gasteiger partial charge < -0.3 is 18.9 Å². The van der Waals surface area contributed by atoms with Crippen LogP contribution in [-0.2, 0) is 32.7 Å². The minimum absolute atomic E-state index is 0.0267. The third-order valence-corrected chi connectivity index (χ3v) is 9.33. The molecule has 0 saturated carbocycles. The van der Waals surface area contributed by atoms with Crippen LogP contribution in [0.3, 0.4) is 0 Å². The Morgan fingerprint density at radius 2 is 1.10 bits per heavy atom. The van der Waals surface area contributed by atoms with Crippen LogP contribution < -0.4 is 0 Å². The molecule has 1 N–H and O–H groups in total. The van der Waals surface area contributed by atoms with Crippen molar-refractivity contribution in [2.75, 3.05) is 47.5 Å². The minimum Gasteiger partial charge on any atom is -0.462 e. The number of unbranched alkanes of at least 4 members (excludes halogenated alkanes) is 14. The van der Waals surface area contributed by atoms with E-state index in [4.69, 9.17) is 18.5 Å². The van der Waals surface area contributed by atoms with E-state index in [0.29, 0.717) is 17.4 Å². The summed E-state index contributed by atoms with van der Waals surface area (Å²) >= 11 is 0. The highest BCUT2D eigenvalue weighted by atomic mass is 31.2. The van der Waals surface area contributed by atoms with E-state index in [2.05, 4.69) is 62.5 Å². The number of hydrogen-bond donors (Lipinski definition) is 1. The molecular weight excluding hydrogens is 677 g/mol. The first-order valence-electron chi connectivity index (χ1n) is 20.4. The average Bonchev–Trinajstić information content (AvgIpc) is 3.09. The number of quaternary nitrogens is 1. The number of likely N-dealkylation sites (N-methyl/N-ethyl adjacent to an activating group) is 1. The summed E-state index contributed by atoms with van der Waals surface area (Å²) < 4.78 is 34.2. The summed E-state index contributed by atoms with van der Waals surface area (Å²) in [5, 5.41) is 0. The molecule has 0 aromatic heterocycles. The van der Waals surface area contributed by atoms with Gasteiger partial charge in [-0.1, -0.05) is 127 Å². The fourth-order valence-corrected chi connectivity index (χ4v) is 5.87. The zero-order valence-electron chi connectivity index (χ0n) is 33.8. The number of carbonyl (C=O) groups excluding carboxylic acids is 2. The van der Waals surface area contributed by atoms with Gasteiger partial charge >= 0.3 is 19.8 Å². The van der Waals surface area contributed by atoms with Crippen molar-refractivity contribution >= 4 is 19.8 Å². The number of nitrogens with zero attached hydrogens (tertiary/aromatic N) is 1. The van der Waals surface area contributed by atoms with E-state index >= 15 is 0 Å². The molecular formula is C42H77NO8P+. The molecule has 0 aliphatic carbocycles. The van der Waals surface area contributed by atoms with Crippen molar-refractivity contribution in [2.45, 2.75) is 161 Å². The normalized spacial score (nSPS) is 14.2. The molecule has 0 fully saturated rings. The minimum atomic E-state index is -4.37. The van der Waals surface area contributed by atoms with Crippen molar-refractivity contribution in [3.05, 3.63) is 48.6 Å². The Morgan fingerprint density at radius 1 is 0.615 bits per heavy atom. The van der Waals surface area contributed by atoms with Gasteiger partial charge in [0.25, 0.3) is 0 Å². The molecule has 0 rings (SSSR count). The predicted octanol–water partition coefficient (Wildman–Crippen LogP) is 11.1. The zero-order chi connectivity index (χ0) is 38.6. The standard InChI is InChI=1S/C42H76NO8P/c1-6-8-10-12-14-16-18-19-20-21-22-23-25-27-29-31-33-35-42(45)51-40(39-50-52(46,47)49-37-36-43(3,4)5)38-48-41(44)34-32-30-28-26-24-17-15-13-11-9-7-2/h8,10,13-16,19-20,40H,6-7,9,11-12,17-18,21-39H2,1-5H3/p+1/b10-8-,15-13-,16-14-,20-19-. The zero-order valence-corrected chi connectivity index (χ0v) is 34.7. The predicted molar refractivity (Wildman–Crippen MR) is 215 cm³/mol. The van der Waals surface area contributed by atoms with E-state index in [1.807, 2.05) is 21.1 Å². The molecule has 0 bridgehead atoms. The van der Waals surface area contributed by atoms with Gasteiger partial charge in [-0.05, 0) is 64.2 Å². The molecule has 0 aliphatic rings. The lowest BCUT2D eigenvalue weighted by atomic mass is 10.1. The lowest BCUT2D eigenvalue weighted by Crippen LogP contribution is -2.37. The Morgan fingerprint density at radius 3 is 1.65 bits per heavy atom. The first-order chi connectivity index (χ1) is 25.0. The summed E-state index contributed by atoms with van der Waals surface area (Å²) in [5.74, 6) is -0.826. The molecule has 10 heteroatoms. The molecule has 0 aromatic carbocycles. The molecule has 0 radical (unpaired) electrons. The number of esters is 2. The van der Waals surface area contributed by atoms with Crippen LogP contribution in [0, 0.1) is 0 Å². The molecule has 2 atom stereocenters. The van der Waals surface area contributed by atoms with Crippen LogP contribution >= 0.6 is 7.82 Å². The molecule has 0 heterocycles. The van der Waals surface area contributed by atoms with Crippen LogP contribution in [0.15, 0.2) is 48.6 Å². The molecule has 2 unspecified atom stereocenters. The van der Waals surface area contributed by atoms with Crippen molar-refractivity contribution in [1.29, 1.82) is 0 Å². The maximum absolute atomic E-state index is 12.6. The number of rotatable bonds is 36. The van der Waals surface area contributed by atoms with Gasteiger partial charge in [-0.25, -0.2) is 4.57 Å². The largest absolute Gasteiger partial charge is 0.472 e. The number of phosphoric ester groups is 1. The second-order valence-electron chi connectivity index (χ2n) is 14.6. The molecule has 52 heavy (non-hydrogen) atoms. The lowest BCUT2D eigenvalue weighted by Gasteiger charge is -2.24. The summed E-state index contributed by atoms with van der Waals surface area (Å²) in [5.41, 5.74) is 0. The van der Waals surface area contributed by atoms with Crippen LogP contribution in [0.5, 0.6) is 0 Å². The second kappa shape index (κ2) is 34.7. The number of carbonyl (C=O) groups is 2. The first kappa shape index (κ1) is 50.0. The highest BCUT2D eigenvalue weighted by Crippen LogP contribution is 2.43. The van der Waals surface area contributed by atoms with Crippen molar-refractivity contribution in [3.8, 4) is 0 Å². The Balaban J connectivity index is 4.42. The highest BCUT2D eigenvalue weighted by Gasteiger charge is 2.27. The Kier molecular flexibility index (Phi) is 33.4. The summed E-state index contributed by atoms with van der Waals surface area (Å²) in [6.45, 7) is 4.23. The second-order valence-corrected chi connectivity index (χ2v) is 16.1. The number of hydrogen-bond acceptors (Lipinski definition) is 7. The van der Waals surface area contributed by atoms with Gasteiger partial charge in [-0.3, -0.25) is 18.6 Å². The average molecular weight is 755 g/mol. The smallest absolute Gasteiger partial charge is 0.462 e. The van der Waals surface area contributed by atoms with E-state index < -0.39 is 26.5 Å². The van der Waals surface area contributed by atoms with Crippen molar-refractivity contribution in [1.82, 2.24) is 0 Å². The maximum Gasteiger partial charge on any atom is 0.472 e. The Labute approximate surface area is 318 Å². The number of allylic oxidation sites excluding steroid dienone is 8. The van der Waals surface area contributed by atoms with Crippen LogP contribution in [0.25, 0.3) is 0 Å². The monoisotopic (exact) mass is 755 g/mol.